The fourth-order valence-electron chi connectivity index (χ4n) is 3.53. The van der Waals surface area contributed by atoms with Crippen LogP contribution in [0.1, 0.15) is 58.8 Å². The van der Waals surface area contributed by atoms with E-state index >= 15 is 0 Å². The van der Waals surface area contributed by atoms with Gasteiger partial charge in [-0.1, -0.05) is 26.7 Å². The second-order valence-electron chi connectivity index (χ2n) is 6.90. The van der Waals surface area contributed by atoms with Gasteiger partial charge >= 0.3 is 0 Å². The van der Waals surface area contributed by atoms with E-state index < -0.39 is 0 Å². The van der Waals surface area contributed by atoms with Crippen LogP contribution in [0.15, 0.2) is 0 Å². The van der Waals surface area contributed by atoms with E-state index in [2.05, 4.69) is 19.2 Å². The summed E-state index contributed by atoms with van der Waals surface area (Å²) in [6.45, 7) is 5.78. The van der Waals surface area contributed by atoms with Crippen molar-refractivity contribution in [2.75, 3.05) is 13.2 Å². The van der Waals surface area contributed by atoms with Gasteiger partial charge in [0.1, 0.15) is 0 Å². The van der Waals surface area contributed by atoms with Crippen molar-refractivity contribution in [3.05, 3.63) is 0 Å². The van der Waals surface area contributed by atoms with Gasteiger partial charge in [-0.2, -0.15) is 0 Å². The maximum atomic E-state index is 9.98. The Morgan fingerprint density at radius 1 is 1.11 bits per heavy atom. The molecule has 2 aliphatic carbocycles. The molecule has 2 fully saturated rings. The van der Waals surface area contributed by atoms with E-state index in [1.807, 2.05) is 0 Å². The summed E-state index contributed by atoms with van der Waals surface area (Å²) >= 11 is 0. The number of aliphatic hydroxyl groups excluding tert-OH is 1. The first-order valence-electron chi connectivity index (χ1n) is 8.16. The lowest BCUT2D eigenvalue weighted by molar-refractivity contribution is -0.0311. The molecule has 0 radical (unpaired) electrons. The Morgan fingerprint density at radius 2 is 1.89 bits per heavy atom. The zero-order valence-electron chi connectivity index (χ0n) is 12.6. The van der Waals surface area contributed by atoms with E-state index in [0.29, 0.717) is 25.3 Å². The molecule has 112 valence electrons. The van der Waals surface area contributed by atoms with Crippen LogP contribution in [0.5, 0.6) is 0 Å². The second kappa shape index (κ2) is 7.61. The molecule has 2 rings (SSSR count). The van der Waals surface area contributed by atoms with Gasteiger partial charge in [-0.05, 0) is 43.9 Å². The maximum absolute atomic E-state index is 9.98. The van der Waals surface area contributed by atoms with Crippen LogP contribution in [0.25, 0.3) is 0 Å². The van der Waals surface area contributed by atoms with Gasteiger partial charge in [0.2, 0.25) is 0 Å². The van der Waals surface area contributed by atoms with Crippen LogP contribution in [-0.4, -0.2) is 36.5 Å². The Kier molecular flexibility index (Phi) is 6.11. The lowest BCUT2D eigenvalue weighted by Crippen LogP contribution is -2.37. The first-order valence-corrected chi connectivity index (χ1v) is 8.16. The third-order valence-corrected chi connectivity index (χ3v) is 4.75. The number of aliphatic hydroxyl groups is 1. The molecule has 0 aromatic carbocycles. The number of hydrogen-bond acceptors (Lipinski definition) is 3. The number of nitrogens with one attached hydrogen (secondary N) is 1. The molecule has 0 aliphatic heterocycles. The van der Waals surface area contributed by atoms with Gasteiger partial charge in [0.25, 0.3) is 0 Å². The number of hydrogen-bond donors (Lipinski definition) is 2. The summed E-state index contributed by atoms with van der Waals surface area (Å²) < 4.78 is 5.86. The molecule has 0 saturated heterocycles. The molecule has 0 spiro atoms. The summed E-state index contributed by atoms with van der Waals surface area (Å²) in [5.74, 6) is 1.63. The topological polar surface area (TPSA) is 41.5 Å². The molecular weight excluding hydrogens is 238 g/mol. The van der Waals surface area contributed by atoms with E-state index in [0.717, 1.165) is 11.8 Å². The van der Waals surface area contributed by atoms with Crippen LogP contribution in [0.2, 0.25) is 0 Å². The Balaban J connectivity index is 1.55. The summed E-state index contributed by atoms with van der Waals surface area (Å²) in [6, 6.07) is 0.611. The molecule has 2 N–H and O–H groups in total. The lowest BCUT2D eigenvalue weighted by atomic mass is 9.89. The van der Waals surface area contributed by atoms with E-state index in [9.17, 15) is 5.11 Å². The Bertz CT molecular complexity index is 259. The zero-order valence-corrected chi connectivity index (χ0v) is 12.6. The van der Waals surface area contributed by atoms with Crippen LogP contribution in [-0.2, 0) is 4.74 Å². The molecular formula is C16H31NO2. The van der Waals surface area contributed by atoms with Gasteiger partial charge in [0, 0.05) is 12.6 Å². The summed E-state index contributed by atoms with van der Waals surface area (Å²) in [7, 11) is 0. The van der Waals surface area contributed by atoms with Crippen LogP contribution in [0.3, 0.4) is 0 Å². The first kappa shape index (κ1) is 15.3. The Morgan fingerprint density at radius 3 is 2.58 bits per heavy atom. The monoisotopic (exact) mass is 269 g/mol. The average molecular weight is 269 g/mol. The summed E-state index contributed by atoms with van der Waals surface area (Å²) in [6.07, 6.45) is 8.82. The normalized spacial score (nSPS) is 37.4. The molecule has 3 nitrogen and oxygen atoms in total. The molecule has 0 aromatic rings. The first-order chi connectivity index (χ1) is 9.13. The van der Waals surface area contributed by atoms with Crippen LogP contribution in [0, 0.1) is 11.8 Å². The van der Waals surface area contributed by atoms with E-state index in [1.54, 1.807) is 0 Å². The summed E-state index contributed by atoms with van der Waals surface area (Å²) in [4.78, 5) is 0. The van der Waals surface area contributed by atoms with Crippen LogP contribution < -0.4 is 5.32 Å². The van der Waals surface area contributed by atoms with Crippen LogP contribution in [0.4, 0.5) is 0 Å². The summed E-state index contributed by atoms with van der Waals surface area (Å²) in [5, 5.41) is 13.5. The highest BCUT2D eigenvalue weighted by molar-refractivity contribution is 4.79. The molecule has 0 heterocycles. The molecule has 2 aliphatic rings. The molecule has 19 heavy (non-hydrogen) atoms. The maximum Gasteiger partial charge on any atom is 0.0897 e. The Labute approximate surface area is 118 Å². The third-order valence-electron chi connectivity index (χ3n) is 4.75. The Hall–Kier alpha value is -0.120. The van der Waals surface area contributed by atoms with Gasteiger partial charge in [-0.25, -0.2) is 0 Å². The molecule has 0 bridgehead atoms. The SMILES string of the molecule is CC1CCC(NCC(O)COC2CCCC(C)C2)C1. The molecule has 5 atom stereocenters. The van der Waals surface area contributed by atoms with Crippen molar-refractivity contribution in [2.24, 2.45) is 11.8 Å². The minimum Gasteiger partial charge on any atom is -0.389 e. The van der Waals surface area contributed by atoms with Gasteiger partial charge in [-0.3, -0.25) is 0 Å². The van der Waals surface area contributed by atoms with Crippen molar-refractivity contribution in [1.82, 2.24) is 5.32 Å². The number of rotatable bonds is 6. The van der Waals surface area contributed by atoms with Gasteiger partial charge < -0.3 is 15.2 Å². The lowest BCUT2D eigenvalue weighted by Gasteiger charge is -2.27. The third kappa shape index (κ3) is 5.41. The highest BCUT2D eigenvalue weighted by Gasteiger charge is 2.22. The standard InChI is InChI=1S/C16H31NO2/c1-12-4-3-5-16(9-12)19-11-15(18)10-17-14-7-6-13(2)8-14/h12-18H,3-11H2,1-2H3. The van der Waals surface area contributed by atoms with Crippen molar-refractivity contribution < 1.29 is 9.84 Å². The van der Waals surface area contributed by atoms with Crippen LogP contribution >= 0.6 is 0 Å². The van der Waals surface area contributed by atoms with Crippen molar-refractivity contribution in [1.29, 1.82) is 0 Å². The highest BCUT2D eigenvalue weighted by atomic mass is 16.5. The molecule has 2 saturated carbocycles. The summed E-state index contributed by atoms with van der Waals surface area (Å²) in [5.41, 5.74) is 0. The van der Waals surface area contributed by atoms with Crippen molar-refractivity contribution in [3.63, 3.8) is 0 Å². The average Bonchev–Trinajstić information content (AvgIpc) is 2.80. The van der Waals surface area contributed by atoms with E-state index in [1.165, 1.54) is 44.9 Å². The fourth-order valence-corrected chi connectivity index (χ4v) is 3.53. The van der Waals surface area contributed by atoms with Crippen molar-refractivity contribution >= 4 is 0 Å². The highest BCUT2D eigenvalue weighted by Crippen LogP contribution is 2.26. The fraction of sp³-hybridized carbons (Fsp3) is 1.00. The van der Waals surface area contributed by atoms with Gasteiger partial charge in [0.15, 0.2) is 0 Å². The minimum atomic E-state index is -0.354. The predicted molar refractivity (Wildman–Crippen MR) is 78.2 cm³/mol. The van der Waals surface area contributed by atoms with E-state index in [-0.39, 0.29) is 6.10 Å². The minimum absolute atomic E-state index is 0.354. The van der Waals surface area contributed by atoms with Gasteiger partial charge in [0.05, 0.1) is 18.8 Å². The van der Waals surface area contributed by atoms with Crippen molar-refractivity contribution in [3.8, 4) is 0 Å². The molecule has 3 heteroatoms. The predicted octanol–water partition coefficient (Wildman–Crippen LogP) is 2.72. The molecule has 0 amide bonds. The molecule has 0 aromatic heterocycles. The molecule has 5 unspecified atom stereocenters. The van der Waals surface area contributed by atoms with Crippen molar-refractivity contribution in [2.45, 2.75) is 77.0 Å². The van der Waals surface area contributed by atoms with Gasteiger partial charge in [-0.15, -0.1) is 0 Å². The second-order valence-corrected chi connectivity index (χ2v) is 6.90. The number of ether oxygens (including phenoxy) is 1. The quantitative estimate of drug-likeness (QED) is 0.779. The smallest absolute Gasteiger partial charge is 0.0897 e. The largest absolute Gasteiger partial charge is 0.389 e. The van der Waals surface area contributed by atoms with E-state index in [4.69, 9.17) is 4.74 Å². The zero-order chi connectivity index (χ0) is 13.7.